The van der Waals surface area contributed by atoms with Crippen LogP contribution in [0.4, 0.5) is 0 Å². The molecule has 0 N–H and O–H groups in total. The van der Waals surface area contributed by atoms with Crippen LogP contribution in [0, 0.1) is 0 Å². The summed E-state index contributed by atoms with van der Waals surface area (Å²) in [5.41, 5.74) is 35.9. The molecule has 4 heteroatoms. The van der Waals surface area contributed by atoms with Crippen molar-refractivity contribution in [3.8, 4) is 44.5 Å². The normalized spacial score (nSPS) is 16.6. The van der Waals surface area contributed by atoms with Gasteiger partial charge < -0.3 is 10.6 Å². The molecule has 4 unspecified atom stereocenters. The van der Waals surface area contributed by atoms with Gasteiger partial charge >= 0.3 is 564 Å². The van der Waals surface area contributed by atoms with Crippen LogP contribution in [0.5, 0.6) is 0 Å². The molecule has 0 aromatic heterocycles. The summed E-state index contributed by atoms with van der Waals surface area (Å²) in [7, 11) is 7.00. The number of rotatable bonds is 12. The monoisotopic (exact) mass is 1510 g/mol. The Labute approximate surface area is 597 Å². The molecule has 0 bridgehead atoms. The average molecular weight is 1520 g/mol. The minimum Gasteiger partial charge on any atom is -0.668 e. The van der Waals surface area contributed by atoms with E-state index in [-0.39, 0.29) is 21.7 Å². The molecule has 0 saturated heterocycles. The molecular formula is C92H112HfN2Zr. The van der Waals surface area contributed by atoms with E-state index in [1.165, 1.54) is 89.0 Å². The zero-order valence-corrected chi connectivity index (χ0v) is 68.7. The van der Waals surface area contributed by atoms with Crippen LogP contribution in [0.2, 0.25) is 0 Å². The van der Waals surface area contributed by atoms with E-state index in [0.717, 1.165) is 25.7 Å². The summed E-state index contributed by atoms with van der Waals surface area (Å²) in [4.78, 5) is 0. The number of hydrogen-bond donors (Lipinski definition) is 0. The average Bonchev–Trinajstić information content (AvgIpc) is 1.60. The van der Waals surface area contributed by atoms with Crippen molar-refractivity contribution in [1.29, 1.82) is 0 Å². The zero-order chi connectivity index (χ0) is 69.6. The van der Waals surface area contributed by atoms with E-state index in [4.69, 9.17) is 0 Å². The summed E-state index contributed by atoms with van der Waals surface area (Å²) >= 11 is -4.78. The van der Waals surface area contributed by atoms with Crippen molar-refractivity contribution in [2.45, 2.75) is 187 Å². The molecule has 0 amide bonds. The van der Waals surface area contributed by atoms with E-state index in [2.05, 4.69) is 337 Å². The topological polar surface area (TPSA) is 28.2 Å². The fourth-order valence-corrected chi connectivity index (χ4v) is 37.4. The van der Waals surface area contributed by atoms with Crippen LogP contribution in [0.25, 0.3) is 79.4 Å². The number of benzene rings is 8. The molecule has 0 fully saturated rings. The van der Waals surface area contributed by atoms with Gasteiger partial charge in [0.15, 0.2) is 0 Å². The molecule has 0 aliphatic heterocycles. The van der Waals surface area contributed by atoms with Crippen molar-refractivity contribution in [3.63, 3.8) is 0 Å². The Balaban J connectivity index is 0.000000208. The van der Waals surface area contributed by atoms with Crippen LogP contribution in [-0.4, -0.2) is 35.7 Å². The van der Waals surface area contributed by atoms with E-state index in [9.17, 15) is 0 Å². The van der Waals surface area contributed by atoms with Crippen LogP contribution in [0.1, 0.15) is 232 Å². The number of fused-ring (bicyclic) bond motifs is 4. The minimum absolute atomic E-state index is 0.160. The SMILES string of the molecule is C[CH]=[Hf]([CH]1C(CC)=Cc2c(-c3ccc(C(C)(C)C)cc3)cccc21)[CH]1C(CC)=Cc2c(-c3ccc(C(C)(C)C)cc3)cccc21.C[CH]=[Zr+2]([CH]1C(CC)=Cc2c(-c3ccc(C(C)(C)C)cc3)cccc21)[CH]1C(CC)=Cc2c(-c3ccc(C(C)(C)C)cc3)cccc21.C[N-]C.C[N-]C. The summed E-state index contributed by atoms with van der Waals surface area (Å²) in [6.45, 7) is 41.8. The maximum absolute atomic E-state index is 3.50. The zero-order valence-electron chi connectivity index (χ0n) is 62.7. The van der Waals surface area contributed by atoms with Crippen LogP contribution in [0.3, 0.4) is 0 Å². The standard InChI is InChI=1S/4C21H23.2C2H6N.2C2H4.Hf.Zr/c4*1-5-15-13-17-7-6-8-19(20(17)14-15)16-9-11-18(12-10-16)21(2,3)4;2*1-3-2;2*1-2;;/h4*6-14H,5H2,1-4H3;2*1-2H3;2*1H,2H3;;/q;;;;2*-1;;;;+2. The number of nitrogens with zero attached hydrogens (tertiary/aromatic N) is 2. The molecule has 0 spiro atoms. The summed E-state index contributed by atoms with van der Waals surface area (Å²) in [5.74, 6) is 0. The van der Waals surface area contributed by atoms with Gasteiger partial charge in [-0.2, -0.15) is 28.2 Å². The van der Waals surface area contributed by atoms with Crippen molar-refractivity contribution in [2.24, 2.45) is 0 Å². The third kappa shape index (κ3) is 15.7. The number of hydrogen-bond acceptors (Lipinski definition) is 0. The van der Waals surface area contributed by atoms with Gasteiger partial charge in [-0.1, -0.05) is 0 Å². The Morgan fingerprint density at radius 1 is 0.333 bits per heavy atom. The molecule has 96 heavy (non-hydrogen) atoms. The Morgan fingerprint density at radius 2 is 0.562 bits per heavy atom. The predicted molar refractivity (Wildman–Crippen MR) is 420 cm³/mol. The molecule has 498 valence electrons. The van der Waals surface area contributed by atoms with Crippen LogP contribution < -0.4 is 0 Å². The summed E-state index contributed by atoms with van der Waals surface area (Å²) in [6.07, 6.45) is 14.8. The smallest absolute Gasteiger partial charge is 0.162 e. The third-order valence-corrected chi connectivity index (χ3v) is 40.8. The molecule has 0 radical (unpaired) electrons. The second-order valence-corrected chi connectivity index (χ2v) is 47.6. The summed E-state index contributed by atoms with van der Waals surface area (Å²) in [6, 6.07) is 65.9. The molecule has 4 atom stereocenters. The Hall–Kier alpha value is -5.87. The maximum Gasteiger partial charge on any atom is -0.162 e. The van der Waals surface area contributed by atoms with Crippen molar-refractivity contribution >= 4 is 31.8 Å². The molecule has 0 saturated carbocycles. The molecule has 8 aromatic carbocycles. The van der Waals surface area contributed by atoms with Crippen molar-refractivity contribution in [1.82, 2.24) is 0 Å². The fraction of sp³-hybridized carbons (Fsp3) is 0.370. The summed E-state index contributed by atoms with van der Waals surface area (Å²) < 4.78 is 7.78. The third-order valence-electron chi connectivity index (χ3n) is 20.5. The molecule has 0 heterocycles. The van der Waals surface area contributed by atoms with Crippen molar-refractivity contribution < 1.29 is 42.2 Å². The molecular weight excluding hydrogens is 1400 g/mol. The quantitative estimate of drug-likeness (QED) is 0.109. The molecule has 8 aromatic rings. The van der Waals surface area contributed by atoms with Gasteiger partial charge in [0.2, 0.25) is 0 Å². The van der Waals surface area contributed by atoms with Gasteiger partial charge in [0.05, 0.1) is 0 Å². The van der Waals surface area contributed by atoms with E-state index in [1.807, 2.05) is 0 Å². The second kappa shape index (κ2) is 31.6. The molecule has 2 nitrogen and oxygen atoms in total. The van der Waals surface area contributed by atoms with E-state index in [0.29, 0.717) is 14.6 Å². The first kappa shape index (κ1) is 74.4. The second-order valence-electron chi connectivity index (χ2n) is 31.0. The van der Waals surface area contributed by atoms with Gasteiger partial charge in [-0.25, -0.2) is 0 Å². The van der Waals surface area contributed by atoms with Gasteiger partial charge in [-0.3, -0.25) is 0 Å². The maximum atomic E-state index is 3.50. The Kier molecular flexibility index (Phi) is 24.4. The first-order chi connectivity index (χ1) is 45.7. The first-order valence-electron chi connectivity index (χ1n) is 35.8. The largest absolute Gasteiger partial charge is 0.668 e. The van der Waals surface area contributed by atoms with Gasteiger partial charge in [-0.15, -0.1) is 0 Å². The number of allylic oxidation sites excluding steroid dienone is 4. The van der Waals surface area contributed by atoms with Crippen LogP contribution in [-0.2, 0) is 63.9 Å². The van der Waals surface area contributed by atoms with E-state index >= 15 is 0 Å². The molecule has 4 aliphatic carbocycles. The van der Waals surface area contributed by atoms with Gasteiger partial charge in [-0.05, 0) is 0 Å². The first-order valence-corrected chi connectivity index (χ1v) is 46.3. The van der Waals surface area contributed by atoms with Crippen molar-refractivity contribution in [2.75, 3.05) is 28.2 Å². The molecule has 4 aliphatic rings. The van der Waals surface area contributed by atoms with E-state index in [1.54, 1.807) is 72.7 Å². The Morgan fingerprint density at radius 3 is 0.781 bits per heavy atom. The minimum atomic E-state index is -2.50. The van der Waals surface area contributed by atoms with Gasteiger partial charge in [0.1, 0.15) is 0 Å². The van der Waals surface area contributed by atoms with Crippen LogP contribution in [0.15, 0.2) is 192 Å². The van der Waals surface area contributed by atoms with Crippen molar-refractivity contribution in [3.05, 3.63) is 270 Å². The summed E-state index contributed by atoms with van der Waals surface area (Å²) in [5, 5.41) is 7.00. The van der Waals surface area contributed by atoms with E-state index < -0.39 is 42.2 Å². The molecule has 12 rings (SSSR count). The Bertz CT molecular complexity index is 3680. The fourth-order valence-electron chi connectivity index (χ4n) is 15.3. The van der Waals surface area contributed by atoms with Crippen LogP contribution >= 0.6 is 0 Å². The van der Waals surface area contributed by atoms with Gasteiger partial charge in [0, 0.05) is 0 Å². The predicted octanol–water partition coefficient (Wildman–Crippen LogP) is 26.1. The van der Waals surface area contributed by atoms with Gasteiger partial charge in [0.25, 0.3) is 0 Å².